The van der Waals surface area contributed by atoms with Crippen LogP contribution >= 0.6 is 0 Å². The zero-order valence-corrected chi connectivity index (χ0v) is 5.73. The van der Waals surface area contributed by atoms with Gasteiger partial charge in [0, 0.05) is 6.92 Å². The van der Waals surface area contributed by atoms with Crippen LogP contribution in [0.1, 0.15) is 6.92 Å². The van der Waals surface area contributed by atoms with Crippen molar-refractivity contribution >= 4 is 10.1 Å². The van der Waals surface area contributed by atoms with Gasteiger partial charge in [0.1, 0.15) is 6.11 Å². The lowest BCUT2D eigenvalue weighted by Crippen LogP contribution is -1.94. The Morgan fingerprint density at radius 2 is 2.22 bits per heavy atom. The fourth-order valence-corrected chi connectivity index (χ4v) is 0.401. The summed E-state index contributed by atoms with van der Waals surface area (Å²) >= 11 is 0. The van der Waals surface area contributed by atoms with Gasteiger partial charge < -0.3 is 4.18 Å². The van der Waals surface area contributed by atoms with E-state index in [0.29, 0.717) is 5.41 Å². The molecule has 0 aromatic carbocycles. The van der Waals surface area contributed by atoms with Crippen molar-refractivity contribution in [3.05, 3.63) is 12.0 Å². The molecule has 0 radical (unpaired) electrons. The molecule has 0 N–H and O–H groups in total. The highest BCUT2D eigenvalue weighted by Crippen LogP contribution is 1.89. The van der Waals surface area contributed by atoms with Crippen molar-refractivity contribution in [2.45, 2.75) is 6.92 Å². The second-order valence-corrected chi connectivity index (χ2v) is 2.58. The summed E-state index contributed by atoms with van der Waals surface area (Å²) in [7, 11) is -3.59. The molecule has 0 unspecified atom stereocenters. The van der Waals surface area contributed by atoms with E-state index in [2.05, 4.69) is 16.7 Å². The molecule has 0 atom stereocenters. The Kier molecular flexibility index (Phi) is 2.82. The molecule has 0 aromatic heterocycles. The lowest BCUT2D eigenvalue weighted by Gasteiger charge is -1.87. The van der Waals surface area contributed by atoms with E-state index >= 15 is 0 Å². The van der Waals surface area contributed by atoms with Crippen LogP contribution in [0.2, 0.25) is 0 Å². The smallest absolute Gasteiger partial charge is 0.325 e. The molecule has 0 aliphatic carbocycles. The minimum atomic E-state index is -3.59. The monoisotopic (exact) mass is 146 g/mol. The molecule has 9 heavy (non-hydrogen) atoms. The summed E-state index contributed by atoms with van der Waals surface area (Å²) < 4.78 is 24.7. The first kappa shape index (κ1) is 8.05. The SMILES string of the molecule is C=CS(=O)(=O)OC#CC. The van der Waals surface area contributed by atoms with Gasteiger partial charge in [-0.1, -0.05) is 12.5 Å². The van der Waals surface area contributed by atoms with Crippen molar-refractivity contribution in [3.8, 4) is 12.0 Å². The van der Waals surface area contributed by atoms with Crippen LogP contribution in [0.4, 0.5) is 0 Å². The van der Waals surface area contributed by atoms with Crippen molar-refractivity contribution in [3.63, 3.8) is 0 Å². The van der Waals surface area contributed by atoms with Gasteiger partial charge in [-0.3, -0.25) is 0 Å². The zero-order valence-electron chi connectivity index (χ0n) is 4.92. The molecule has 50 valence electrons. The third-order valence-corrected chi connectivity index (χ3v) is 1.19. The van der Waals surface area contributed by atoms with E-state index in [4.69, 9.17) is 0 Å². The van der Waals surface area contributed by atoms with Gasteiger partial charge in [0.25, 0.3) is 0 Å². The highest BCUT2D eigenvalue weighted by Gasteiger charge is 1.99. The zero-order chi connectivity index (χ0) is 7.33. The minimum absolute atomic E-state index is 0.692. The normalized spacial score (nSPS) is 9.00. The molecule has 0 aromatic rings. The molecule has 0 aliphatic heterocycles. The Morgan fingerprint density at radius 3 is 2.56 bits per heavy atom. The fraction of sp³-hybridized carbons (Fsp3) is 0.200. The van der Waals surface area contributed by atoms with E-state index in [9.17, 15) is 8.42 Å². The van der Waals surface area contributed by atoms with Crippen LogP contribution < -0.4 is 0 Å². The van der Waals surface area contributed by atoms with Gasteiger partial charge in [0.15, 0.2) is 0 Å². The first-order valence-electron chi connectivity index (χ1n) is 2.10. The number of rotatable bonds is 2. The molecular weight excluding hydrogens is 140 g/mol. The lowest BCUT2D eigenvalue weighted by molar-refractivity contribution is 0.476. The van der Waals surface area contributed by atoms with Crippen LogP contribution in [0, 0.1) is 12.0 Å². The molecule has 0 aliphatic rings. The maximum absolute atomic E-state index is 10.3. The van der Waals surface area contributed by atoms with Gasteiger partial charge in [0.05, 0.1) is 5.41 Å². The third-order valence-electron chi connectivity index (χ3n) is 0.464. The molecule has 0 saturated heterocycles. The molecule has 0 heterocycles. The first-order chi connectivity index (χ1) is 4.12. The van der Waals surface area contributed by atoms with E-state index in [1.807, 2.05) is 6.11 Å². The number of hydrogen-bond donors (Lipinski definition) is 0. The average molecular weight is 146 g/mol. The summed E-state index contributed by atoms with van der Waals surface area (Å²) in [5.74, 6) is 2.26. The van der Waals surface area contributed by atoms with Crippen molar-refractivity contribution in [1.82, 2.24) is 0 Å². The fourth-order valence-electron chi connectivity index (χ4n) is 0.134. The molecule has 0 saturated carbocycles. The quantitative estimate of drug-likeness (QED) is 0.420. The van der Waals surface area contributed by atoms with E-state index < -0.39 is 10.1 Å². The van der Waals surface area contributed by atoms with Crippen molar-refractivity contribution in [1.29, 1.82) is 0 Å². The maximum Gasteiger partial charge on any atom is 0.339 e. The summed E-state index contributed by atoms with van der Waals surface area (Å²) in [6, 6.07) is 0. The highest BCUT2D eigenvalue weighted by atomic mass is 32.2. The Morgan fingerprint density at radius 1 is 1.67 bits per heavy atom. The topological polar surface area (TPSA) is 43.4 Å². The van der Waals surface area contributed by atoms with Crippen LogP contribution in [0.25, 0.3) is 0 Å². The second kappa shape index (κ2) is 3.15. The predicted molar refractivity (Wildman–Crippen MR) is 33.7 cm³/mol. The van der Waals surface area contributed by atoms with Gasteiger partial charge in [-0.2, -0.15) is 8.42 Å². The van der Waals surface area contributed by atoms with Crippen LogP contribution in [0.15, 0.2) is 12.0 Å². The van der Waals surface area contributed by atoms with Crippen LogP contribution in [0.5, 0.6) is 0 Å². The second-order valence-electron chi connectivity index (χ2n) is 1.09. The van der Waals surface area contributed by atoms with Crippen LogP contribution in [-0.4, -0.2) is 8.42 Å². The maximum atomic E-state index is 10.3. The van der Waals surface area contributed by atoms with Gasteiger partial charge in [0.2, 0.25) is 0 Å². The molecule has 3 nitrogen and oxygen atoms in total. The molecule has 0 bridgehead atoms. The predicted octanol–water partition coefficient (Wildman–Crippen LogP) is 0.457. The van der Waals surface area contributed by atoms with E-state index in [1.165, 1.54) is 6.92 Å². The molecule has 0 spiro atoms. The van der Waals surface area contributed by atoms with Crippen molar-refractivity contribution < 1.29 is 12.6 Å². The van der Waals surface area contributed by atoms with Crippen LogP contribution in [0.3, 0.4) is 0 Å². The third kappa shape index (κ3) is 3.62. The summed E-state index contributed by atoms with van der Waals surface area (Å²) in [5.41, 5.74) is 0. The van der Waals surface area contributed by atoms with E-state index in [1.54, 1.807) is 0 Å². The Balaban J connectivity index is 4.17. The summed E-state index contributed by atoms with van der Waals surface area (Å²) in [6.07, 6.45) is 1.93. The van der Waals surface area contributed by atoms with Crippen molar-refractivity contribution in [2.75, 3.05) is 0 Å². The minimum Gasteiger partial charge on any atom is -0.325 e. The standard InChI is InChI=1S/C5H6O3S/c1-3-5-8-9(6,7)4-2/h4H,2H2,1H3. The van der Waals surface area contributed by atoms with Crippen LogP contribution in [-0.2, 0) is 14.3 Å². The Labute approximate surface area is 54.5 Å². The van der Waals surface area contributed by atoms with E-state index in [0.717, 1.165) is 0 Å². The van der Waals surface area contributed by atoms with E-state index in [-0.39, 0.29) is 0 Å². The Hall–Kier alpha value is -0.950. The molecule has 0 amide bonds. The highest BCUT2D eigenvalue weighted by molar-refractivity contribution is 7.89. The average Bonchev–Trinajstić information content (AvgIpc) is 1.84. The Bertz CT molecular complexity index is 239. The molecular formula is C5H6O3S. The molecule has 4 heteroatoms. The summed E-state index contributed by atoms with van der Waals surface area (Å²) in [6.45, 7) is 4.48. The molecule has 0 fully saturated rings. The summed E-state index contributed by atoms with van der Waals surface area (Å²) in [4.78, 5) is 0. The largest absolute Gasteiger partial charge is 0.339 e. The van der Waals surface area contributed by atoms with Gasteiger partial charge >= 0.3 is 10.1 Å². The van der Waals surface area contributed by atoms with Gasteiger partial charge in [-0.05, 0) is 0 Å². The molecule has 0 rings (SSSR count). The van der Waals surface area contributed by atoms with Crippen molar-refractivity contribution in [2.24, 2.45) is 0 Å². The number of hydrogen-bond acceptors (Lipinski definition) is 3. The summed E-state index contributed by atoms with van der Waals surface area (Å²) in [5, 5.41) is 0.692. The lowest BCUT2D eigenvalue weighted by atomic mass is 10.8. The first-order valence-corrected chi connectivity index (χ1v) is 3.57. The van der Waals surface area contributed by atoms with Gasteiger partial charge in [-0.25, -0.2) is 0 Å². The van der Waals surface area contributed by atoms with Gasteiger partial charge in [-0.15, -0.1) is 0 Å².